The molecule has 0 amide bonds. The lowest BCUT2D eigenvalue weighted by Crippen LogP contribution is -2.14. The van der Waals surface area contributed by atoms with Crippen molar-refractivity contribution in [2.24, 2.45) is 0 Å². The van der Waals surface area contributed by atoms with Crippen molar-refractivity contribution in [3.05, 3.63) is 93.5 Å². The Kier molecular flexibility index (Phi) is 7.15. The van der Waals surface area contributed by atoms with Crippen molar-refractivity contribution in [3.63, 3.8) is 0 Å². The van der Waals surface area contributed by atoms with Crippen LogP contribution in [0.5, 0.6) is 5.75 Å². The summed E-state index contributed by atoms with van der Waals surface area (Å²) in [5.41, 5.74) is -0.0529. The molecule has 0 saturated heterocycles. The maximum Gasteiger partial charge on any atom is 0.335 e. The Morgan fingerprint density at radius 3 is 2.39 bits per heavy atom. The first kappa shape index (κ1) is 22.2. The summed E-state index contributed by atoms with van der Waals surface area (Å²) < 4.78 is 10.6. The van der Waals surface area contributed by atoms with E-state index in [9.17, 15) is 19.5 Å². The van der Waals surface area contributed by atoms with Crippen LogP contribution in [-0.4, -0.2) is 29.3 Å². The first-order chi connectivity index (χ1) is 14.9. The summed E-state index contributed by atoms with van der Waals surface area (Å²) in [5, 5.41) is 19.5. The quantitative estimate of drug-likeness (QED) is 0.399. The Balaban J connectivity index is 1.98. The molecule has 8 heteroatoms. The van der Waals surface area contributed by atoms with Crippen LogP contribution >= 0.6 is 11.8 Å². The zero-order valence-corrected chi connectivity index (χ0v) is 17.4. The van der Waals surface area contributed by atoms with Crippen LogP contribution in [0.3, 0.4) is 0 Å². The molecule has 31 heavy (non-hydrogen) atoms. The Morgan fingerprint density at radius 1 is 1.10 bits per heavy atom. The molecule has 0 aliphatic rings. The molecule has 0 unspecified atom stereocenters. The molecular weight excluding hydrogens is 420 g/mol. The van der Waals surface area contributed by atoms with Crippen molar-refractivity contribution >= 4 is 23.7 Å². The van der Waals surface area contributed by atoms with Crippen LogP contribution in [0, 0.1) is 0 Å². The van der Waals surface area contributed by atoms with E-state index in [4.69, 9.17) is 14.3 Å². The monoisotopic (exact) mass is 440 g/mol. The summed E-state index contributed by atoms with van der Waals surface area (Å²) in [6.07, 6.45) is -0.200. The number of carboxylic acid groups (broad SMARTS) is 1. The van der Waals surface area contributed by atoms with Gasteiger partial charge in [-0.3, -0.25) is 9.59 Å². The predicted molar refractivity (Wildman–Crippen MR) is 115 cm³/mol. The third-order valence-electron chi connectivity index (χ3n) is 4.60. The van der Waals surface area contributed by atoms with Gasteiger partial charge in [-0.2, -0.15) is 0 Å². The van der Waals surface area contributed by atoms with E-state index in [-0.39, 0.29) is 17.7 Å². The Hall–Kier alpha value is -3.52. The Bertz CT molecular complexity index is 1120. The highest BCUT2D eigenvalue weighted by molar-refractivity contribution is 7.98. The van der Waals surface area contributed by atoms with Crippen LogP contribution in [0.15, 0.2) is 74.8 Å². The average Bonchev–Trinajstić information content (AvgIpc) is 2.79. The minimum atomic E-state index is -1.09. The number of hydrogen-bond acceptors (Lipinski definition) is 7. The average molecular weight is 440 g/mol. The summed E-state index contributed by atoms with van der Waals surface area (Å²) >= 11 is 1.46. The molecule has 7 nitrogen and oxygen atoms in total. The number of methoxy groups -OCH3 is 1. The maximum absolute atomic E-state index is 12.4. The highest BCUT2D eigenvalue weighted by Gasteiger charge is 2.26. The molecule has 0 radical (unpaired) electrons. The van der Waals surface area contributed by atoms with Gasteiger partial charge in [-0.1, -0.05) is 30.3 Å². The number of hydrogen-bond donors (Lipinski definition) is 2. The van der Waals surface area contributed by atoms with E-state index in [0.717, 1.165) is 4.90 Å². The molecule has 0 bridgehead atoms. The molecule has 0 fully saturated rings. The number of esters is 1. The van der Waals surface area contributed by atoms with Gasteiger partial charge in [0.15, 0.2) is 5.76 Å². The van der Waals surface area contributed by atoms with Crippen LogP contribution in [-0.2, 0) is 15.3 Å². The minimum absolute atomic E-state index is 0.0652. The zero-order valence-electron chi connectivity index (χ0n) is 16.6. The summed E-state index contributed by atoms with van der Waals surface area (Å²) in [4.78, 5) is 36.5. The Labute approximate surface area is 182 Å². The molecule has 3 aromatic rings. The zero-order chi connectivity index (χ0) is 22.4. The fourth-order valence-corrected chi connectivity index (χ4v) is 3.80. The smallest absolute Gasteiger partial charge is 0.335 e. The van der Waals surface area contributed by atoms with Gasteiger partial charge in [-0.25, -0.2) is 4.79 Å². The maximum atomic E-state index is 12.4. The third kappa shape index (κ3) is 5.55. The van der Waals surface area contributed by atoms with Crippen molar-refractivity contribution in [1.29, 1.82) is 0 Å². The van der Waals surface area contributed by atoms with Gasteiger partial charge in [-0.15, -0.1) is 11.8 Å². The minimum Gasteiger partial charge on any atom is -0.502 e. The number of carboxylic acids is 1. The number of carbonyl (C=O) groups excluding carboxylic acids is 1. The third-order valence-corrected chi connectivity index (χ3v) is 5.63. The van der Waals surface area contributed by atoms with Crippen LogP contribution in [0.2, 0.25) is 0 Å². The number of carbonyl (C=O) groups is 2. The molecule has 1 heterocycles. The van der Waals surface area contributed by atoms with Gasteiger partial charge < -0.3 is 19.4 Å². The number of ether oxygens (including phenoxy) is 1. The van der Waals surface area contributed by atoms with Crippen LogP contribution in [0.1, 0.15) is 39.8 Å². The van der Waals surface area contributed by atoms with E-state index in [1.807, 2.05) is 30.3 Å². The van der Waals surface area contributed by atoms with E-state index in [0.29, 0.717) is 17.1 Å². The topological polar surface area (TPSA) is 114 Å². The number of rotatable bonds is 8. The second kappa shape index (κ2) is 9.99. The first-order valence-corrected chi connectivity index (χ1v) is 10.3. The predicted octanol–water partition coefficient (Wildman–Crippen LogP) is 4.03. The van der Waals surface area contributed by atoms with E-state index >= 15 is 0 Å². The normalized spacial score (nSPS) is 11.6. The number of aromatic hydroxyl groups is 1. The van der Waals surface area contributed by atoms with Crippen LogP contribution < -0.4 is 5.43 Å². The lowest BCUT2D eigenvalue weighted by Gasteiger charge is -2.17. The van der Waals surface area contributed by atoms with E-state index in [1.54, 1.807) is 0 Å². The summed E-state index contributed by atoms with van der Waals surface area (Å²) in [7, 11) is 1.23. The molecule has 1 aromatic heterocycles. The van der Waals surface area contributed by atoms with Gasteiger partial charge in [0, 0.05) is 11.0 Å². The highest BCUT2D eigenvalue weighted by atomic mass is 32.2. The van der Waals surface area contributed by atoms with Gasteiger partial charge in [-0.05, 0) is 29.8 Å². The second-order valence-corrected chi connectivity index (χ2v) is 7.70. The van der Waals surface area contributed by atoms with Crippen molar-refractivity contribution < 1.29 is 29.0 Å². The molecule has 3 rings (SSSR count). The SMILES string of the molecule is COC(=O)C[C@H](c1ccc(C(=O)O)cc1)c1oc(CSc2ccccc2)cc(=O)c1O. The molecule has 0 saturated carbocycles. The van der Waals surface area contributed by atoms with E-state index in [1.165, 1.54) is 49.2 Å². The molecular formula is C23H20O7S. The van der Waals surface area contributed by atoms with Gasteiger partial charge in [0.1, 0.15) is 5.76 Å². The Morgan fingerprint density at radius 2 is 1.77 bits per heavy atom. The fraction of sp³-hybridized carbons (Fsp3) is 0.174. The summed E-state index contributed by atoms with van der Waals surface area (Å²) in [5.74, 6) is -2.47. The molecule has 0 aliphatic carbocycles. The standard InChI is InChI=1S/C23H20O7S/c1-29-20(25)12-18(14-7-9-15(10-8-14)23(27)28)22-21(26)19(24)11-16(30-22)13-31-17-5-3-2-4-6-17/h2-11,18,26H,12-13H2,1H3,(H,27,28)/t18-/m1/s1. The van der Waals surface area contributed by atoms with Crippen molar-refractivity contribution in [3.8, 4) is 5.75 Å². The molecule has 2 N–H and O–H groups in total. The largest absolute Gasteiger partial charge is 0.502 e. The highest BCUT2D eigenvalue weighted by Crippen LogP contribution is 2.34. The first-order valence-electron chi connectivity index (χ1n) is 9.33. The number of benzene rings is 2. The molecule has 2 aromatic carbocycles. The molecule has 1 atom stereocenters. The van der Waals surface area contributed by atoms with Gasteiger partial charge in [0.25, 0.3) is 0 Å². The van der Waals surface area contributed by atoms with Crippen molar-refractivity contribution in [2.45, 2.75) is 23.0 Å². The van der Waals surface area contributed by atoms with E-state index < -0.39 is 29.0 Å². The van der Waals surface area contributed by atoms with Gasteiger partial charge >= 0.3 is 11.9 Å². The summed E-state index contributed by atoms with van der Waals surface area (Å²) in [6, 6.07) is 16.6. The number of thioether (sulfide) groups is 1. The van der Waals surface area contributed by atoms with E-state index in [2.05, 4.69) is 0 Å². The lowest BCUT2D eigenvalue weighted by atomic mass is 9.91. The lowest BCUT2D eigenvalue weighted by molar-refractivity contribution is -0.140. The molecule has 0 aliphatic heterocycles. The summed E-state index contributed by atoms with van der Waals surface area (Å²) in [6.45, 7) is 0. The molecule has 160 valence electrons. The van der Waals surface area contributed by atoms with Crippen LogP contribution in [0.25, 0.3) is 0 Å². The van der Waals surface area contributed by atoms with Crippen LogP contribution in [0.4, 0.5) is 0 Å². The van der Waals surface area contributed by atoms with Crippen molar-refractivity contribution in [2.75, 3.05) is 7.11 Å². The number of aromatic carboxylic acids is 1. The second-order valence-electron chi connectivity index (χ2n) is 6.65. The van der Waals surface area contributed by atoms with Crippen molar-refractivity contribution in [1.82, 2.24) is 0 Å². The van der Waals surface area contributed by atoms with Gasteiger partial charge in [0.2, 0.25) is 11.2 Å². The fourth-order valence-electron chi connectivity index (χ4n) is 3.00. The molecule has 0 spiro atoms. The van der Waals surface area contributed by atoms with Gasteiger partial charge in [0.05, 0.1) is 30.8 Å².